The molecule has 0 bridgehead atoms. The Morgan fingerprint density at radius 2 is 1.67 bits per heavy atom. The Bertz CT molecular complexity index is 1060. The van der Waals surface area contributed by atoms with Crippen molar-refractivity contribution in [3.8, 4) is 11.1 Å². The van der Waals surface area contributed by atoms with Crippen LogP contribution < -0.4 is 5.32 Å². The maximum Gasteiger partial charge on any atom is 0.408 e. The highest BCUT2D eigenvalue weighted by atomic mass is 16.5. The highest BCUT2D eigenvalue weighted by Crippen LogP contribution is 2.44. The number of rotatable bonds is 5. The van der Waals surface area contributed by atoms with Gasteiger partial charge < -0.3 is 20.1 Å². The van der Waals surface area contributed by atoms with Gasteiger partial charge in [0.2, 0.25) is 5.91 Å². The highest BCUT2D eigenvalue weighted by molar-refractivity contribution is 5.92. The van der Waals surface area contributed by atoms with Crippen molar-refractivity contribution in [3.63, 3.8) is 0 Å². The van der Waals surface area contributed by atoms with E-state index in [1.807, 2.05) is 24.3 Å². The van der Waals surface area contributed by atoms with E-state index < -0.39 is 29.6 Å². The van der Waals surface area contributed by atoms with Crippen LogP contribution in [0.4, 0.5) is 4.79 Å². The lowest BCUT2D eigenvalue weighted by atomic mass is 9.75. The molecule has 2 atom stereocenters. The Kier molecular flexibility index (Phi) is 5.35. The maximum absolute atomic E-state index is 13.3. The summed E-state index contributed by atoms with van der Waals surface area (Å²) in [5.74, 6) is -1.70. The number of carbonyl (C=O) groups is 3. The lowest BCUT2D eigenvalue weighted by Crippen LogP contribution is -2.64. The zero-order valence-electron chi connectivity index (χ0n) is 18.6. The van der Waals surface area contributed by atoms with E-state index >= 15 is 0 Å². The van der Waals surface area contributed by atoms with E-state index in [0.29, 0.717) is 25.8 Å². The molecule has 5 rings (SSSR count). The van der Waals surface area contributed by atoms with Crippen molar-refractivity contribution in [1.82, 2.24) is 10.2 Å². The second-order valence-electron chi connectivity index (χ2n) is 9.36. The van der Waals surface area contributed by atoms with Crippen LogP contribution in [0, 0.1) is 5.92 Å². The predicted molar refractivity (Wildman–Crippen MR) is 122 cm³/mol. The van der Waals surface area contributed by atoms with Crippen LogP contribution in [0.2, 0.25) is 0 Å². The third-order valence-electron chi connectivity index (χ3n) is 7.63. The minimum Gasteiger partial charge on any atom is -0.481 e. The summed E-state index contributed by atoms with van der Waals surface area (Å²) in [5.41, 5.74) is 3.58. The van der Waals surface area contributed by atoms with Crippen molar-refractivity contribution >= 4 is 18.0 Å². The van der Waals surface area contributed by atoms with Crippen molar-refractivity contribution in [2.45, 2.75) is 50.1 Å². The number of benzene rings is 2. The summed E-state index contributed by atoms with van der Waals surface area (Å²) in [4.78, 5) is 39.2. The number of carbonyl (C=O) groups excluding carboxylic acids is 2. The first-order valence-electron chi connectivity index (χ1n) is 11.6. The summed E-state index contributed by atoms with van der Waals surface area (Å²) in [7, 11) is 0. The van der Waals surface area contributed by atoms with E-state index in [-0.39, 0.29) is 18.4 Å². The molecule has 1 aliphatic heterocycles. The molecule has 2 N–H and O–H groups in total. The number of hydrogen-bond acceptors (Lipinski definition) is 4. The zero-order chi connectivity index (χ0) is 23.2. The smallest absolute Gasteiger partial charge is 0.408 e. The third-order valence-corrected chi connectivity index (χ3v) is 7.63. The van der Waals surface area contributed by atoms with E-state index in [9.17, 15) is 19.5 Å². The Balaban J connectivity index is 1.27. The van der Waals surface area contributed by atoms with Crippen molar-refractivity contribution < 1.29 is 24.2 Å². The summed E-state index contributed by atoms with van der Waals surface area (Å²) in [6.07, 6.45) is 1.74. The quantitative estimate of drug-likeness (QED) is 0.726. The highest BCUT2D eigenvalue weighted by Gasteiger charge is 2.51. The Hall–Kier alpha value is -3.35. The van der Waals surface area contributed by atoms with Gasteiger partial charge in [-0.1, -0.05) is 48.5 Å². The van der Waals surface area contributed by atoms with Gasteiger partial charge in [0, 0.05) is 18.5 Å². The molecule has 2 amide bonds. The minimum atomic E-state index is -0.996. The number of aliphatic carboxylic acids is 1. The molecule has 0 radical (unpaired) electrons. The number of alkyl carbamates (subject to hydrolysis) is 1. The van der Waals surface area contributed by atoms with Gasteiger partial charge in [-0.15, -0.1) is 0 Å². The van der Waals surface area contributed by atoms with Gasteiger partial charge >= 0.3 is 12.1 Å². The van der Waals surface area contributed by atoms with Crippen molar-refractivity contribution in [2.75, 3.05) is 13.2 Å². The van der Waals surface area contributed by atoms with Crippen molar-refractivity contribution in [3.05, 3.63) is 59.7 Å². The van der Waals surface area contributed by atoms with Crippen LogP contribution in [0.15, 0.2) is 48.5 Å². The fourth-order valence-corrected chi connectivity index (χ4v) is 5.58. The molecule has 172 valence electrons. The number of ether oxygens (including phenoxy) is 1. The first-order chi connectivity index (χ1) is 15.9. The molecule has 2 aliphatic carbocycles. The normalized spacial score (nSPS) is 22.8. The number of nitrogens with zero attached hydrogens (tertiary/aromatic N) is 1. The molecule has 2 fully saturated rings. The monoisotopic (exact) mass is 448 g/mol. The second-order valence-corrected chi connectivity index (χ2v) is 9.36. The number of amides is 2. The molecule has 0 aromatic heterocycles. The summed E-state index contributed by atoms with van der Waals surface area (Å²) in [5, 5.41) is 12.2. The van der Waals surface area contributed by atoms with E-state index in [1.54, 1.807) is 11.8 Å². The molecular formula is C26H28N2O5. The van der Waals surface area contributed by atoms with Crippen LogP contribution in [-0.2, 0) is 14.3 Å². The average Bonchev–Trinajstić information content (AvgIpc) is 3.32. The number of fused-ring (bicyclic) bond motifs is 3. The molecule has 1 saturated carbocycles. The molecule has 33 heavy (non-hydrogen) atoms. The van der Waals surface area contributed by atoms with E-state index in [2.05, 4.69) is 29.6 Å². The lowest BCUT2D eigenvalue weighted by molar-refractivity contribution is -0.146. The lowest BCUT2D eigenvalue weighted by Gasteiger charge is -2.43. The summed E-state index contributed by atoms with van der Waals surface area (Å²) >= 11 is 0. The first-order valence-corrected chi connectivity index (χ1v) is 11.6. The van der Waals surface area contributed by atoms with Gasteiger partial charge in [0.15, 0.2) is 0 Å². The SMILES string of the molecule is CC1C(C(=O)O)CCN1C(=O)C1(NC(=O)OCC2c3ccccc3-c3ccccc32)CCC1. The van der Waals surface area contributed by atoms with E-state index in [1.165, 1.54) is 0 Å². The van der Waals surface area contributed by atoms with E-state index in [4.69, 9.17) is 4.74 Å². The maximum atomic E-state index is 13.3. The van der Waals surface area contributed by atoms with Gasteiger partial charge in [0.1, 0.15) is 12.1 Å². The molecule has 7 heteroatoms. The fraction of sp³-hybridized carbons (Fsp3) is 0.423. The molecule has 7 nitrogen and oxygen atoms in total. The largest absolute Gasteiger partial charge is 0.481 e. The number of nitrogens with one attached hydrogen (secondary N) is 1. The number of carboxylic acid groups (broad SMARTS) is 1. The Morgan fingerprint density at radius 1 is 1.06 bits per heavy atom. The molecule has 2 aromatic carbocycles. The molecule has 1 saturated heterocycles. The van der Waals surface area contributed by atoms with Crippen molar-refractivity contribution in [2.24, 2.45) is 5.92 Å². The third kappa shape index (κ3) is 3.56. The van der Waals surface area contributed by atoms with Crippen LogP contribution in [0.1, 0.15) is 49.7 Å². The van der Waals surface area contributed by atoms with Gasteiger partial charge in [-0.3, -0.25) is 9.59 Å². The number of hydrogen-bond donors (Lipinski definition) is 2. The van der Waals surface area contributed by atoms with Gasteiger partial charge in [-0.05, 0) is 54.9 Å². The first kappa shape index (κ1) is 21.5. The van der Waals surface area contributed by atoms with Gasteiger partial charge in [-0.25, -0.2) is 4.79 Å². The summed E-state index contributed by atoms with van der Waals surface area (Å²) < 4.78 is 5.66. The Labute approximate surface area is 192 Å². The minimum absolute atomic E-state index is 0.0499. The van der Waals surface area contributed by atoms with Crippen LogP contribution in [0.3, 0.4) is 0 Å². The molecule has 1 heterocycles. The van der Waals surface area contributed by atoms with Crippen LogP contribution in [-0.4, -0.2) is 52.7 Å². The number of likely N-dealkylation sites (tertiary alicyclic amines) is 1. The van der Waals surface area contributed by atoms with Gasteiger partial charge in [0.25, 0.3) is 0 Å². The molecule has 3 aliphatic rings. The van der Waals surface area contributed by atoms with Gasteiger partial charge in [-0.2, -0.15) is 0 Å². The van der Waals surface area contributed by atoms with Gasteiger partial charge in [0.05, 0.1) is 5.92 Å². The Morgan fingerprint density at radius 3 is 2.18 bits per heavy atom. The standard InChI is InChI=1S/C26H28N2O5/c1-16-17(23(29)30)11-14-28(16)24(31)26(12-6-13-26)27-25(32)33-15-22-20-9-4-2-7-18(20)19-8-3-5-10-21(19)22/h2-5,7-10,16-17,22H,6,11-15H2,1H3,(H,27,32)(H,29,30). The van der Waals surface area contributed by atoms with Crippen molar-refractivity contribution in [1.29, 1.82) is 0 Å². The molecule has 2 aromatic rings. The predicted octanol–water partition coefficient (Wildman–Crippen LogP) is 3.77. The molecular weight excluding hydrogens is 420 g/mol. The van der Waals surface area contributed by atoms with Crippen LogP contribution >= 0.6 is 0 Å². The van der Waals surface area contributed by atoms with E-state index in [0.717, 1.165) is 28.7 Å². The molecule has 2 unspecified atom stereocenters. The topological polar surface area (TPSA) is 95.9 Å². The molecule has 0 spiro atoms. The summed E-state index contributed by atoms with van der Waals surface area (Å²) in [6, 6.07) is 15.9. The average molecular weight is 449 g/mol. The summed E-state index contributed by atoms with van der Waals surface area (Å²) in [6.45, 7) is 2.35. The fourth-order valence-electron chi connectivity index (χ4n) is 5.58. The van der Waals surface area contributed by atoms with Crippen LogP contribution in [0.25, 0.3) is 11.1 Å². The second kappa shape index (κ2) is 8.21. The zero-order valence-corrected chi connectivity index (χ0v) is 18.6. The number of carboxylic acids is 1. The van der Waals surface area contributed by atoms with Crippen LogP contribution in [0.5, 0.6) is 0 Å².